The lowest BCUT2D eigenvalue weighted by Gasteiger charge is -2.21. The van der Waals surface area contributed by atoms with Crippen LogP contribution in [0.5, 0.6) is 0 Å². The van der Waals surface area contributed by atoms with Crippen LogP contribution in [-0.4, -0.2) is 12.2 Å². The molecule has 0 aliphatic heterocycles. The summed E-state index contributed by atoms with van der Waals surface area (Å²) in [6.45, 7) is 0.165. The van der Waals surface area contributed by atoms with Crippen molar-refractivity contribution < 1.29 is 13.9 Å². The maximum absolute atomic E-state index is 13.3. The standard InChI is InChI=1S/C14H18FNO2/c15-13-9-5-4-6-11(13)10-16-14(17)18-12-7-2-1-3-8-12/h4-6,9,12H,1-3,7-8,10H2,(H,16,17). The molecular weight excluding hydrogens is 233 g/mol. The third kappa shape index (κ3) is 3.72. The highest BCUT2D eigenvalue weighted by Crippen LogP contribution is 2.20. The normalized spacial score (nSPS) is 16.3. The van der Waals surface area contributed by atoms with Gasteiger partial charge < -0.3 is 10.1 Å². The molecule has 0 atom stereocenters. The second kappa shape index (κ2) is 6.38. The van der Waals surface area contributed by atoms with Gasteiger partial charge in [-0.3, -0.25) is 0 Å². The highest BCUT2D eigenvalue weighted by Gasteiger charge is 2.17. The summed E-state index contributed by atoms with van der Waals surface area (Å²) in [4.78, 5) is 11.5. The minimum Gasteiger partial charge on any atom is -0.446 e. The number of ether oxygens (including phenoxy) is 1. The van der Waals surface area contributed by atoms with E-state index in [4.69, 9.17) is 4.74 Å². The van der Waals surface area contributed by atoms with Crippen molar-refractivity contribution in [3.8, 4) is 0 Å². The zero-order chi connectivity index (χ0) is 12.8. The van der Waals surface area contributed by atoms with Gasteiger partial charge in [0.15, 0.2) is 0 Å². The van der Waals surface area contributed by atoms with Gasteiger partial charge in [-0.25, -0.2) is 9.18 Å². The van der Waals surface area contributed by atoms with Crippen LogP contribution in [0.4, 0.5) is 9.18 Å². The fourth-order valence-electron chi connectivity index (χ4n) is 2.19. The number of benzene rings is 1. The van der Waals surface area contributed by atoms with Gasteiger partial charge in [0.05, 0.1) is 0 Å². The van der Waals surface area contributed by atoms with Gasteiger partial charge in [0, 0.05) is 12.1 Å². The molecule has 18 heavy (non-hydrogen) atoms. The van der Waals surface area contributed by atoms with E-state index in [1.807, 2.05) is 0 Å². The molecule has 1 fully saturated rings. The number of rotatable bonds is 3. The highest BCUT2D eigenvalue weighted by molar-refractivity contribution is 5.67. The van der Waals surface area contributed by atoms with Crippen LogP contribution in [0.2, 0.25) is 0 Å². The van der Waals surface area contributed by atoms with Crippen LogP contribution in [0.25, 0.3) is 0 Å². The number of halogens is 1. The molecule has 98 valence electrons. The number of carbonyl (C=O) groups is 1. The van der Waals surface area contributed by atoms with Crippen LogP contribution in [-0.2, 0) is 11.3 Å². The smallest absolute Gasteiger partial charge is 0.407 e. The lowest BCUT2D eigenvalue weighted by atomic mass is 9.98. The van der Waals surface area contributed by atoms with Crippen LogP contribution in [0.3, 0.4) is 0 Å². The number of hydrogen-bond donors (Lipinski definition) is 1. The minimum atomic E-state index is -0.454. The molecule has 0 saturated heterocycles. The van der Waals surface area contributed by atoms with Crippen molar-refractivity contribution in [1.29, 1.82) is 0 Å². The van der Waals surface area contributed by atoms with Crippen molar-refractivity contribution in [3.63, 3.8) is 0 Å². The lowest BCUT2D eigenvalue weighted by Crippen LogP contribution is -2.29. The van der Waals surface area contributed by atoms with Crippen LogP contribution in [0.1, 0.15) is 37.7 Å². The van der Waals surface area contributed by atoms with E-state index >= 15 is 0 Å². The van der Waals surface area contributed by atoms with Gasteiger partial charge >= 0.3 is 6.09 Å². The lowest BCUT2D eigenvalue weighted by molar-refractivity contribution is 0.0749. The topological polar surface area (TPSA) is 38.3 Å². The quantitative estimate of drug-likeness (QED) is 0.894. The Kier molecular flexibility index (Phi) is 4.56. The van der Waals surface area contributed by atoms with Crippen molar-refractivity contribution in [2.75, 3.05) is 0 Å². The van der Waals surface area contributed by atoms with Crippen molar-refractivity contribution in [1.82, 2.24) is 5.32 Å². The van der Waals surface area contributed by atoms with Gasteiger partial charge in [0.1, 0.15) is 11.9 Å². The predicted octanol–water partition coefficient (Wildman–Crippen LogP) is 3.38. The molecule has 1 amide bonds. The summed E-state index contributed by atoms with van der Waals surface area (Å²) in [5, 5.41) is 2.59. The number of carbonyl (C=O) groups excluding carboxylic acids is 1. The Bertz CT molecular complexity index is 403. The van der Waals surface area contributed by atoms with Gasteiger partial charge in [-0.15, -0.1) is 0 Å². The van der Waals surface area contributed by atoms with E-state index in [9.17, 15) is 9.18 Å². The highest BCUT2D eigenvalue weighted by atomic mass is 19.1. The Balaban J connectivity index is 1.76. The Labute approximate surface area is 106 Å². The van der Waals surface area contributed by atoms with Crippen molar-refractivity contribution in [2.45, 2.75) is 44.8 Å². The fourth-order valence-corrected chi connectivity index (χ4v) is 2.19. The Hall–Kier alpha value is -1.58. The molecule has 0 spiro atoms. The SMILES string of the molecule is O=C(NCc1ccccc1F)OC1CCCCC1. The number of amides is 1. The Morgan fingerprint density at radius 1 is 1.28 bits per heavy atom. The summed E-state index contributed by atoms with van der Waals surface area (Å²) in [5.74, 6) is -0.310. The third-order valence-corrected chi connectivity index (χ3v) is 3.21. The van der Waals surface area contributed by atoms with E-state index in [1.54, 1.807) is 18.2 Å². The van der Waals surface area contributed by atoms with E-state index in [0.717, 1.165) is 25.7 Å². The van der Waals surface area contributed by atoms with Gasteiger partial charge in [0.2, 0.25) is 0 Å². The average molecular weight is 251 g/mol. The summed E-state index contributed by atoms with van der Waals surface area (Å²) < 4.78 is 18.6. The summed E-state index contributed by atoms with van der Waals surface area (Å²) in [6.07, 6.45) is 4.90. The molecule has 0 bridgehead atoms. The Morgan fingerprint density at radius 3 is 2.72 bits per heavy atom. The molecule has 3 nitrogen and oxygen atoms in total. The molecule has 0 aromatic heterocycles. The van der Waals surface area contributed by atoms with E-state index < -0.39 is 6.09 Å². The fraction of sp³-hybridized carbons (Fsp3) is 0.500. The van der Waals surface area contributed by atoms with Gasteiger partial charge in [-0.1, -0.05) is 24.6 Å². The van der Waals surface area contributed by atoms with Crippen LogP contribution >= 0.6 is 0 Å². The molecule has 1 N–H and O–H groups in total. The first-order valence-corrected chi connectivity index (χ1v) is 6.43. The first kappa shape index (κ1) is 12.9. The zero-order valence-electron chi connectivity index (χ0n) is 10.3. The van der Waals surface area contributed by atoms with Crippen molar-refractivity contribution in [3.05, 3.63) is 35.6 Å². The van der Waals surface area contributed by atoms with Crippen molar-refractivity contribution in [2.24, 2.45) is 0 Å². The predicted molar refractivity (Wildman–Crippen MR) is 66.6 cm³/mol. The number of nitrogens with one attached hydrogen (secondary N) is 1. The summed E-state index contributed by atoms with van der Waals surface area (Å²) in [5.41, 5.74) is 0.470. The molecule has 1 aliphatic rings. The van der Waals surface area contributed by atoms with Gasteiger partial charge in [-0.2, -0.15) is 0 Å². The summed E-state index contributed by atoms with van der Waals surface area (Å²) >= 11 is 0. The van der Waals surface area contributed by atoms with Crippen LogP contribution in [0, 0.1) is 5.82 Å². The van der Waals surface area contributed by atoms with Gasteiger partial charge in [-0.05, 0) is 31.7 Å². The van der Waals surface area contributed by atoms with E-state index in [1.165, 1.54) is 12.5 Å². The first-order chi connectivity index (χ1) is 8.75. The minimum absolute atomic E-state index is 0.0272. The molecule has 1 aromatic carbocycles. The monoisotopic (exact) mass is 251 g/mol. The van der Waals surface area contributed by atoms with Crippen molar-refractivity contribution >= 4 is 6.09 Å². The number of hydrogen-bond acceptors (Lipinski definition) is 2. The number of alkyl carbamates (subject to hydrolysis) is 1. The molecule has 2 rings (SSSR count). The second-order valence-corrected chi connectivity index (χ2v) is 4.61. The molecule has 0 unspecified atom stereocenters. The van der Waals surface area contributed by atoms with E-state index in [2.05, 4.69) is 5.32 Å². The summed E-state index contributed by atoms with van der Waals surface area (Å²) in [6, 6.07) is 6.39. The molecular formula is C14H18FNO2. The molecule has 4 heteroatoms. The van der Waals surface area contributed by atoms with Gasteiger partial charge in [0.25, 0.3) is 0 Å². The first-order valence-electron chi connectivity index (χ1n) is 6.43. The zero-order valence-corrected chi connectivity index (χ0v) is 10.3. The summed E-state index contributed by atoms with van der Waals surface area (Å²) in [7, 11) is 0. The average Bonchev–Trinajstić information content (AvgIpc) is 2.39. The largest absolute Gasteiger partial charge is 0.446 e. The third-order valence-electron chi connectivity index (χ3n) is 3.21. The molecule has 1 saturated carbocycles. The molecule has 1 aliphatic carbocycles. The maximum atomic E-state index is 13.3. The van der Waals surface area contributed by atoms with Crippen LogP contribution < -0.4 is 5.32 Å². The van der Waals surface area contributed by atoms with Crippen LogP contribution in [0.15, 0.2) is 24.3 Å². The van der Waals surface area contributed by atoms with E-state index in [-0.39, 0.29) is 18.5 Å². The maximum Gasteiger partial charge on any atom is 0.407 e. The molecule has 0 radical (unpaired) electrons. The molecule has 1 aromatic rings. The Morgan fingerprint density at radius 2 is 2.00 bits per heavy atom. The molecule has 0 heterocycles. The van der Waals surface area contributed by atoms with E-state index in [0.29, 0.717) is 5.56 Å². The second-order valence-electron chi connectivity index (χ2n) is 4.61.